The molecule has 0 saturated heterocycles. The molecule has 1 aliphatic rings. The first kappa shape index (κ1) is 25.2. The highest BCUT2D eigenvalue weighted by molar-refractivity contribution is 7.94. The van der Waals surface area contributed by atoms with Gasteiger partial charge in [0.2, 0.25) is 20.0 Å². The van der Waals surface area contributed by atoms with E-state index in [-0.39, 0.29) is 10.9 Å². The second-order valence-corrected chi connectivity index (χ2v) is 13.4. The van der Waals surface area contributed by atoms with Crippen LogP contribution in [0.15, 0.2) is 53.4 Å². The molecule has 2 aromatic carbocycles. The molecule has 3 rings (SSSR count). The molecule has 0 aromatic heterocycles. The molecule has 1 saturated carbocycles. The van der Waals surface area contributed by atoms with Gasteiger partial charge in [-0.1, -0.05) is 19.3 Å². The van der Waals surface area contributed by atoms with E-state index in [2.05, 4.69) is 14.8 Å². The fourth-order valence-corrected chi connectivity index (χ4v) is 5.48. The van der Waals surface area contributed by atoms with Crippen LogP contribution in [0.5, 0.6) is 0 Å². The average Bonchev–Trinajstić information content (AvgIpc) is 2.74. The Bertz CT molecular complexity index is 1180. The van der Waals surface area contributed by atoms with Crippen LogP contribution in [0.2, 0.25) is 0 Å². The molecule has 0 aliphatic heterocycles. The average molecular weight is 494 g/mol. The van der Waals surface area contributed by atoms with Crippen molar-refractivity contribution < 1.29 is 21.6 Å². The predicted octanol–water partition coefficient (Wildman–Crippen LogP) is 4.09. The standard InChI is InChI=1S/C23H31N3O5S2/c1-23(2,3)33(30,31)26-20-11-9-17(10-12-20)22(27)24-18-13-15-21(16-14-18)32(28,29)25-19-7-5-4-6-8-19/h9-16,19,25-26H,4-8H2,1-3H3,(H,24,27). The summed E-state index contributed by atoms with van der Waals surface area (Å²) in [6.07, 6.45) is 4.90. The summed E-state index contributed by atoms with van der Waals surface area (Å²) in [5, 5.41) is 2.72. The van der Waals surface area contributed by atoms with Gasteiger partial charge in [-0.05, 0) is 82.1 Å². The molecule has 0 bridgehead atoms. The lowest BCUT2D eigenvalue weighted by atomic mass is 9.96. The molecule has 1 amide bonds. The summed E-state index contributed by atoms with van der Waals surface area (Å²) in [7, 11) is -7.17. The van der Waals surface area contributed by atoms with Crippen LogP contribution in [0.3, 0.4) is 0 Å². The van der Waals surface area contributed by atoms with E-state index in [1.165, 1.54) is 36.4 Å². The third-order valence-corrected chi connectivity index (χ3v) is 9.21. The second-order valence-electron chi connectivity index (χ2n) is 9.23. The number of hydrogen-bond acceptors (Lipinski definition) is 5. The third-order valence-electron chi connectivity index (χ3n) is 5.55. The largest absolute Gasteiger partial charge is 0.322 e. The molecule has 33 heavy (non-hydrogen) atoms. The Kier molecular flexibility index (Phi) is 7.50. The molecule has 0 atom stereocenters. The maximum atomic E-state index is 12.6. The maximum Gasteiger partial charge on any atom is 0.255 e. The number of carbonyl (C=O) groups is 1. The Balaban J connectivity index is 1.62. The van der Waals surface area contributed by atoms with Gasteiger partial charge < -0.3 is 5.32 Å². The van der Waals surface area contributed by atoms with Crippen LogP contribution in [0.1, 0.15) is 63.2 Å². The predicted molar refractivity (Wildman–Crippen MR) is 130 cm³/mol. The molecule has 180 valence electrons. The summed E-state index contributed by atoms with van der Waals surface area (Å²) in [6.45, 7) is 4.79. The van der Waals surface area contributed by atoms with E-state index < -0.39 is 30.7 Å². The number of anilines is 2. The van der Waals surface area contributed by atoms with E-state index in [0.717, 1.165) is 32.1 Å². The molecule has 1 fully saturated rings. The lowest BCUT2D eigenvalue weighted by molar-refractivity contribution is 0.102. The van der Waals surface area contributed by atoms with Crippen molar-refractivity contribution in [2.45, 2.75) is 68.6 Å². The zero-order valence-electron chi connectivity index (χ0n) is 19.1. The SMILES string of the molecule is CC(C)(C)S(=O)(=O)Nc1ccc(C(=O)Nc2ccc(S(=O)(=O)NC3CCCCC3)cc2)cc1. The van der Waals surface area contributed by atoms with Gasteiger partial charge >= 0.3 is 0 Å². The van der Waals surface area contributed by atoms with E-state index in [9.17, 15) is 21.6 Å². The van der Waals surface area contributed by atoms with Crippen molar-refractivity contribution in [3.8, 4) is 0 Å². The third kappa shape index (κ3) is 6.55. The van der Waals surface area contributed by atoms with Crippen LogP contribution in [0.25, 0.3) is 0 Å². The highest BCUT2D eigenvalue weighted by Gasteiger charge is 2.29. The molecule has 2 aromatic rings. The zero-order valence-corrected chi connectivity index (χ0v) is 20.7. The van der Waals surface area contributed by atoms with Gasteiger partial charge in [0.05, 0.1) is 9.64 Å². The minimum atomic E-state index is -3.61. The fraction of sp³-hybridized carbons (Fsp3) is 0.435. The minimum Gasteiger partial charge on any atom is -0.322 e. The Labute approximate surface area is 196 Å². The monoisotopic (exact) mass is 493 g/mol. The number of amides is 1. The Hall–Kier alpha value is -2.43. The number of nitrogens with one attached hydrogen (secondary N) is 3. The first-order valence-electron chi connectivity index (χ1n) is 10.9. The molecule has 8 nitrogen and oxygen atoms in total. The van der Waals surface area contributed by atoms with Gasteiger partial charge in [-0.25, -0.2) is 21.6 Å². The first-order chi connectivity index (χ1) is 15.4. The molecule has 0 radical (unpaired) electrons. The van der Waals surface area contributed by atoms with Gasteiger partial charge in [-0.2, -0.15) is 0 Å². The van der Waals surface area contributed by atoms with Crippen molar-refractivity contribution in [1.82, 2.24) is 4.72 Å². The van der Waals surface area contributed by atoms with Crippen LogP contribution in [0, 0.1) is 0 Å². The van der Waals surface area contributed by atoms with Crippen molar-refractivity contribution in [3.63, 3.8) is 0 Å². The Morgan fingerprint density at radius 3 is 1.91 bits per heavy atom. The van der Waals surface area contributed by atoms with Crippen LogP contribution in [-0.4, -0.2) is 33.5 Å². The normalized spacial score (nSPS) is 15.7. The lowest BCUT2D eigenvalue weighted by Gasteiger charge is -2.22. The number of carbonyl (C=O) groups excluding carboxylic acids is 1. The molecule has 0 heterocycles. The van der Waals surface area contributed by atoms with E-state index in [1.54, 1.807) is 32.9 Å². The van der Waals surface area contributed by atoms with Gasteiger partial charge in [-0.3, -0.25) is 9.52 Å². The van der Waals surface area contributed by atoms with Crippen molar-refractivity contribution in [1.29, 1.82) is 0 Å². The first-order valence-corrected chi connectivity index (χ1v) is 13.9. The van der Waals surface area contributed by atoms with Gasteiger partial charge in [0.1, 0.15) is 0 Å². The van der Waals surface area contributed by atoms with Gasteiger partial charge in [0.15, 0.2) is 0 Å². The summed E-state index contributed by atoms with van der Waals surface area (Å²) in [4.78, 5) is 12.7. The molecule has 10 heteroatoms. The van der Waals surface area contributed by atoms with Crippen molar-refractivity contribution in [2.24, 2.45) is 0 Å². The van der Waals surface area contributed by atoms with Gasteiger partial charge in [0, 0.05) is 23.0 Å². The lowest BCUT2D eigenvalue weighted by Crippen LogP contribution is -2.36. The minimum absolute atomic E-state index is 0.0287. The van der Waals surface area contributed by atoms with Crippen LogP contribution in [0.4, 0.5) is 11.4 Å². The van der Waals surface area contributed by atoms with Gasteiger partial charge in [0.25, 0.3) is 5.91 Å². The molecular formula is C23H31N3O5S2. The number of hydrogen-bond donors (Lipinski definition) is 3. The highest BCUT2D eigenvalue weighted by atomic mass is 32.2. The van der Waals surface area contributed by atoms with Crippen LogP contribution < -0.4 is 14.8 Å². The van der Waals surface area contributed by atoms with Gasteiger partial charge in [-0.15, -0.1) is 0 Å². The van der Waals surface area contributed by atoms with Crippen molar-refractivity contribution in [3.05, 3.63) is 54.1 Å². The van der Waals surface area contributed by atoms with Crippen LogP contribution >= 0.6 is 0 Å². The van der Waals surface area contributed by atoms with E-state index in [1.807, 2.05) is 0 Å². The summed E-state index contributed by atoms with van der Waals surface area (Å²) >= 11 is 0. The van der Waals surface area contributed by atoms with E-state index in [0.29, 0.717) is 16.9 Å². The molecule has 0 unspecified atom stereocenters. The summed E-state index contributed by atoms with van der Waals surface area (Å²) in [6, 6.07) is 12.1. The topological polar surface area (TPSA) is 121 Å². The van der Waals surface area contributed by atoms with Crippen LogP contribution in [-0.2, 0) is 20.0 Å². The highest BCUT2D eigenvalue weighted by Crippen LogP contribution is 2.22. The fourth-order valence-electron chi connectivity index (χ4n) is 3.43. The second kappa shape index (κ2) is 9.82. The number of rotatable bonds is 7. The summed E-state index contributed by atoms with van der Waals surface area (Å²) in [5.74, 6) is -0.392. The van der Waals surface area contributed by atoms with E-state index in [4.69, 9.17) is 0 Å². The number of benzene rings is 2. The smallest absolute Gasteiger partial charge is 0.255 e. The van der Waals surface area contributed by atoms with Crippen molar-refractivity contribution >= 4 is 37.3 Å². The molecular weight excluding hydrogens is 462 g/mol. The zero-order chi connectivity index (χ0) is 24.3. The molecule has 3 N–H and O–H groups in total. The van der Waals surface area contributed by atoms with E-state index >= 15 is 0 Å². The van der Waals surface area contributed by atoms with Crippen molar-refractivity contribution in [2.75, 3.05) is 10.0 Å². The quantitative estimate of drug-likeness (QED) is 0.536. The summed E-state index contributed by atoms with van der Waals surface area (Å²) < 4.78 is 54.0. The molecule has 1 aliphatic carbocycles. The maximum absolute atomic E-state index is 12.6. The Morgan fingerprint density at radius 2 is 1.36 bits per heavy atom. The summed E-state index contributed by atoms with van der Waals surface area (Å²) in [5.41, 5.74) is 1.15. The Morgan fingerprint density at radius 1 is 0.818 bits per heavy atom. The molecule has 0 spiro atoms. The number of sulfonamides is 2.